The van der Waals surface area contributed by atoms with Crippen LogP contribution in [0.1, 0.15) is 16.1 Å². The van der Waals surface area contributed by atoms with Crippen molar-refractivity contribution >= 4 is 33.6 Å². The number of rotatable bonds is 3. The second kappa shape index (κ2) is 6.03. The number of hydrogen-bond acceptors (Lipinski definition) is 3. The van der Waals surface area contributed by atoms with Gasteiger partial charge in [0.15, 0.2) is 10.4 Å². The van der Waals surface area contributed by atoms with Crippen LogP contribution < -0.4 is 5.32 Å². The largest absolute Gasteiger partial charge is 0.444 e. The van der Waals surface area contributed by atoms with Gasteiger partial charge in [0.1, 0.15) is 0 Å². The Morgan fingerprint density at radius 3 is 2.89 bits per heavy atom. The van der Waals surface area contributed by atoms with E-state index in [1.165, 1.54) is 6.08 Å². The standard InChI is InChI=1S/C14H9BrN2O2/c15-13-7-6-12(19-13)14(18)17-11-5-1-3-10(9-11)4-2-8-16/h1-7,9H,(H,17,18)/b4-2+. The fourth-order valence-electron chi connectivity index (χ4n) is 1.48. The van der Waals surface area contributed by atoms with Crippen molar-refractivity contribution in [1.82, 2.24) is 0 Å². The average molecular weight is 317 g/mol. The van der Waals surface area contributed by atoms with Gasteiger partial charge in [0.25, 0.3) is 5.91 Å². The normalized spacial score (nSPS) is 10.3. The van der Waals surface area contributed by atoms with Crippen molar-refractivity contribution in [3.63, 3.8) is 0 Å². The minimum absolute atomic E-state index is 0.227. The second-order valence-electron chi connectivity index (χ2n) is 3.65. The third kappa shape index (κ3) is 3.57. The highest BCUT2D eigenvalue weighted by Crippen LogP contribution is 2.17. The molecule has 5 heteroatoms. The molecule has 0 saturated carbocycles. The molecule has 94 valence electrons. The molecule has 19 heavy (non-hydrogen) atoms. The number of hydrogen-bond donors (Lipinski definition) is 1. The summed E-state index contributed by atoms with van der Waals surface area (Å²) in [6.45, 7) is 0. The zero-order valence-electron chi connectivity index (χ0n) is 9.76. The molecule has 0 aliphatic carbocycles. The van der Waals surface area contributed by atoms with Crippen molar-refractivity contribution in [2.75, 3.05) is 5.32 Å². The molecule has 4 nitrogen and oxygen atoms in total. The summed E-state index contributed by atoms with van der Waals surface area (Å²) in [7, 11) is 0. The summed E-state index contributed by atoms with van der Waals surface area (Å²) in [5, 5.41) is 11.2. The molecule has 0 atom stereocenters. The highest BCUT2D eigenvalue weighted by molar-refractivity contribution is 9.10. The summed E-state index contributed by atoms with van der Waals surface area (Å²) in [6.07, 6.45) is 3.05. The smallest absolute Gasteiger partial charge is 0.291 e. The van der Waals surface area contributed by atoms with E-state index in [1.807, 2.05) is 12.1 Å². The Morgan fingerprint density at radius 2 is 2.21 bits per heavy atom. The van der Waals surface area contributed by atoms with E-state index in [-0.39, 0.29) is 11.7 Å². The van der Waals surface area contributed by atoms with Crippen LogP contribution in [0.3, 0.4) is 0 Å². The van der Waals surface area contributed by atoms with Gasteiger partial charge in [-0.15, -0.1) is 0 Å². The summed E-state index contributed by atoms with van der Waals surface area (Å²) in [4.78, 5) is 11.9. The minimum Gasteiger partial charge on any atom is -0.444 e. The monoisotopic (exact) mass is 316 g/mol. The predicted octanol–water partition coefficient (Wildman–Crippen LogP) is 3.83. The van der Waals surface area contributed by atoms with Gasteiger partial charge in [0, 0.05) is 11.8 Å². The number of nitriles is 1. The Balaban J connectivity index is 2.13. The summed E-state index contributed by atoms with van der Waals surface area (Å²) < 4.78 is 5.66. The molecule has 0 unspecified atom stereocenters. The SMILES string of the molecule is N#C/C=C/c1cccc(NC(=O)c2ccc(Br)o2)c1. The van der Waals surface area contributed by atoms with Crippen molar-refractivity contribution in [3.8, 4) is 6.07 Å². The van der Waals surface area contributed by atoms with Crippen LogP contribution in [0.5, 0.6) is 0 Å². The average Bonchev–Trinajstić information content (AvgIpc) is 2.83. The molecule has 0 spiro atoms. The van der Waals surface area contributed by atoms with E-state index >= 15 is 0 Å². The lowest BCUT2D eigenvalue weighted by molar-refractivity contribution is 0.0995. The Kier molecular flexibility index (Phi) is 4.16. The quantitative estimate of drug-likeness (QED) is 0.875. The van der Waals surface area contributed by atoms with Gasteiger partial charge in [-0.3, -0.25) is 4.79 Å². The molecule has 2 rings (SSSR count). The first-order valence-corrected chi connectivity index (χ1v) is 6.21. The molecule has 0 bridgehead atoms. The Hall–Kier alpha value is -2.32. The molecular weight excluding hydrogens is 308 g/mol. The lowest BCUT2D eigenvalue weighted by Gasteiger charge is -2.03. The number of anilines is 1. The van der Waals surface area contributed by atoms with E-state index in [9.17, 15) is 4.79 Å². The van der Waals surface area contributed by atoms with Crippen LogP contribution >= 0.6 is 15.9 Å². The number of nitrogens with one attached hydrogen (secondary N) is 1. The zero-order chi connectivity index (χ0) is 13.7. The van der Waals surface area contributed by atoms with Gasteiger partial charge in [-0.1, -0.05) is 12.1 Å². The first kappa shape index (κ1) is 13.1. The van der Waals surface area contributed by atoms with Crippen LogP contribution in [-0.4, -0.2) is 5.91 Å². The number of carbonyl (C=O) groups is 1. The number of amides is 1. The third-order valence-electron chi connectivity index (χ3n) is 2.29. The summed E-state index contributed by atoms with van der Waals surface area (Å²) in [5.74, 6) is -0.100. The Labute approximate surface area is 118 Å². The third-order valence-corrected chi connectivity index (χ3v) is 2.72. The first-order valence-electron chi connectivity index (χ1n) is 5.42. The maximum Gasteiger partial charge on any atom is 0.291 e. The van der Waals surface area contributed by atoms with Gasteiger partial charge in [0.2, 0.25) is 0 Å². The second-order valence-corrected chi connectivity index (χ2v) is 4.43. The maximum atomic E-state index is 11.9. The molecule has 0 fully saturated rings. The Bertz CT molecular complexity index is 668. The molecular formula is C14H9BrN2O2. The van der Waals surface area contributed by atoms with Gasteiger partial charge in [0.05, 0.1) is 6.07 Å². The summed E-state index contributed by atoms with van der Waals surface area (Å²) in [6, 6.07) is 12.3. The maximum absolute atomic E-state index is 11.9. The van der Waals surface area contributed by atoms with Gasteiger partial charge in [-0.25, -0.2) is 0 Å². The van der Waals surface area contributed by atoms with Crippen molar-refractivity contribution in [3.05, 3.63) is 58.5 Å². The van der Waals surface area contributed by atoms with Gasteiger partial charge < -0.3 is 9.73 Å². The number of halogens is 1. The highest BCUT2D eigenvalue weighted by Gasteiger charge is 2.10. The molecule has 1 aromatic heterocycles. The van der Waals surface area contributed by atoms with Crippen LogP contribution in [0.2, 0.25) is 0 Å². The molecule has 1 amide bonds. The first-order chi connectivity index (χ1) is 9.19. The predicted molar refractivity (Wildman–Crippen MR) is 75.5 cm³/mol. The molecule has 1 aromatic carbocycles. The number of benzene rings is 1. The summed E-state index contributed by atoms with van der Waals surface area (Å²) in [5.41, 5.74) is 1.47. The molecule has 0 aliphatic heterocycles. The van der Waals surface area contributed by atoms with E-state index in [2.05, 4.69) is 21.2 Å². The number of furan rings is 1. The van der Waals surface area contributed by atoms with E-state index in [0.717, 1.165) is 5.56 Å². The highest BCUT2D eigenvalue weighted by atomic mass is 79.9. The lowest BCUT2D eigenvalue weighted by Crippen LogP contribution is -2.10. The van der Waals surface area contributed by atoms with Crippen LogP contribution in [0.4, 0.5) is 5.69 Å². The van der Waals surface area contributed by atoms with Crippen LogP contribution in [0, 0.1) is 11.3 Å². The van der Waals surface area contributed by atoms with Crippen LogP contribution in [0.25, 0.3) is 6.08 Å². The molecule has 1 N–H and O–H groups in total. The lowest BCUT2D eigenvalue weighted by atomic mass is 10.2. The van der Waals surface area contributed by atoms with Gasteiger partial charge in [-0.2, -0.15) is 5.26 Å². The number of carbonyl (C=O) groups excluding carboxylic acids is 1. The topological polar surface area (TPSA) is 66.0 Å². The fourth-order valence-corrected chi connectivity index (χ4v) is 1.79. The van der Waals surface area contributed by atoms with Crippen molar-refractivity contribution in [2.45, 2.75) is 0 Å². The van der Waals surface area contributed by atoms with Crippen molar-refractivity contribution < 1.29 is 9.21 Å². The number of nitrogens with zero attached hydrogens (tertiary/aromatic N) is 1. The summed E-state index contributed by atoms with van der Waals surface area (Å²) >= 11 is 3.14. The molecule has 0 saturated heterocycles. The van der Waals surface area contributed by atoms with Crippen LogP contribution in [0.15, 0.2) is 51.6 Å². The minimum atomic E-state index is -0.327. The van der Waals surface area contributed by atoms with Gasteiger partial charge in [-0.05, 0) is 51.8 Å². The van der Waals surface area contributed by atoms with Crippen LogP contribution in [-0.2, 0) is 0 Å². The molecule has 1 heterocycles. The van der Waals surface area contributed by atoms with E-state index in [1.54, 1.807) is 36.4 Å². The molecule has 2 aromatic rings. The van der Waals surface area contributed by atoms with E-state index in [4.69, 9.17) is 9.68 Å². The van der Waals surface area contributed by atoms with Crippen molar-refractivity contribution in [2.24, 2.45) is 0 Å². The van der Waals surface area contributed by atoms with E-state index < -0.39 is 0 Å². The zero-order valence-corrected chi connectivity index (χ0v) is 11.3. The number of allylic oxidation sites excluding steroid dienone is 1. The fraction of sp³-hybridized carbons (Fsp3) is 0. The molecule has 0 radical (unpaired) electrons. The van der Waals surface area contributed by atoms with E-state index in [0.29, 0.717) is 10.4 Å². The Morgan fingerprint density at radius 1 is 1.37 bits per heavy atom. The molecule has 0 aliphatic rings. The van der Waals surface area contributed by atoms with Gasteiger partial charge >= 0.3 is 0 Å². The van der Waals surface area contributed by atoms with Crippen molar-refractivity contribution in [1.29, 1.82) is 5.26 Å².